The van der Waals surface area contributed by atoms with Crippen molar-refractivity contribution in [3.63, 3.8) is 0 Å². The number of benzene rings is 4. The summed E-state index contributed by atoms with van der Waals surface area (Å²) in [5, 5.41) is 4.97. The number of carbonyl (C=O) groups excluding carboxylic acids is 1. The molecule has 0 radical (unpaired) electrons. The lowest BCUT2D eigenvalue weighted by Crippen LogP contribution is -2.20. The van der Waals surface area contributed by atoms with Crippen molar-refractivity contribution < 1.29 is 9.53 Å². The van der Waals surface area contributed by atoms with Crippen LogP contribution in [0.1, 0.15) is 21.5 Å². The molecular weight excluding hydrogens is 598 g/mol. The van der Waals surface area contributed by atoms with E-state index in [1.807, 2.05) is 49.4 Å². The Balaban J connectivity index is 1.62. The van der Waals surface area contributed by atoms with Crippen molar-refractivity contribution >= 4 is 54.9 Å². The number of aryl methyl sites for hydroxylation is 1. The number of halogens is 2. The van der Waals surface area contributed by atoms with Gasteiger partial charge < -0.3 is 4.74 Å². The molecule has 0 spiro atoms. The van der Waals surface area contributed by atoms with Crippen LogP contribution in [-0.4, -0.2) is 21.8 Å². The highest BCUT2D eigenvalue weighted by atomic mass is 79.9. The van der Waals surface area contributed by atoms with Crippen LogP contribution in [0.5, 0.6) is 5.75 Å². The van der Waals surface area contributed by atoms with Gasteiger partial charge in [-0.15, -0.1) is 0 Å². The summed E-state index contributed by atoms with van der Waals surface area (Å²) in [6, 6.07) is 27.2. The van der Waals surface area contributed by atoms with Gasteiger partial charge in [0.2, 0.25) is 0 Å². The molecule has 8 heteroatoms. The van der Waals surface area contributed by atoms with Crippen molar-refractivity contribution in [2.24, 2.45) is 5.10 Å². The van der Waals surface area contributed by atoms with Crippen molar-refractivity contribution in [3.8, 4) is 17.1 Å². The van der Waals surface area contributed by atoms with E-state index in [1.165, 1.54) is 10.9 Å². The summed E-state index contributed by atoms with van der Waals surface area (Å²) in [5.41, 5.74) is 2.87. The number of hydrogen-bond acceptors (Lipinski definition) is 5. The lowest BCUT2D eigenvalue weighted by atomic mass is 10.1. The van der Waals surface area contributed by atoms with Crippen LogP contribution >= 0.6 is 31.9 Å². The summed E-state index contributed by atoms with van der Waals surface area (Å²) >= 11 is 6.97. The van der Waals surface area contributed by atoms with Gasteiger partial charge in [0.25, 0.3) is 5.56 Å². The van der Waals surface area contributed by atoms with Gasteiger partial charge in [-0.3, -0.25) is 4.79 Å². The minimum absolute atomic E-state index is 0.279. The molecule has 1 aromatic heterocycles. The maximum atomic E-state index is 13.5. The van der Waals surface area contributed by atoms with Crippen molar-refractivity contribution in [2.45, 2.75) is 6.92 Å². The lowest BCUT2D eigenvalue weighted by Gasteiger charge is -2.12. The van der Waals surface area contributed by atoms with E-state index in [4.69, 9.17) is 9.72 Å². The topological polar surface area (TPSA) is 73.5 Å². The van der Waals surface area contributed by atoms with E-state index in [-0.39, 0.29) is 11.3 Å². The van der Waals surface area contributed by atoms with E-state index in [1.54, 1.807) is 48.5 Å². The van der Waals surface area contributed by atoms with Gasteiger partial charge in [-0.2, -0.15) is 9.78 Å². The molecule has 0 saturated carbocycles. The predicted molar refractivity (Wildman–Crippen MR) is 152 cm³/mol. The second kappa shape index (κ2) is 10.6. The molecule has 0 aliphatic carbocycles. The van der Waals surface area contributed by atoms with Crippen molar-refractivity contribution in [1.82, 2.24) is 9.66 Å². The van der Waals surface area contributed by atoms with Gasteiger partial charge in [-0.05, 0) is 59.3 Å². The molecule has 0 saturated heterocycles. The van der Waals surface area contributed by atoms with Crippen molar-refractivity contribution in [3.05, 3.63) is 127 Å². The molecule has 37 heavy (non-hydrogen) atoms. The first-order valence-electron chi connectivity index (χ1n) is 11.3. The molecule has 0 aliphatic heterocycles. The molecule has 1 heterocycles. The molecule has 4 aromatic carbocycles. The van der Waals surface area contributed by atoms with E-state index >= 15 is 0 Å². The summed E-state index contributed by atoms with van der Waals surface area (Å²) in [6.07, 6.45) is 1.48. The van der Waals surface area contributed by atoms with Gasteiger partial charge in [0.1, 0.15) is 0 Å². The average molecular weight is 617 g/mol. The van der Waals surface area contributed by atoms with Crippen LogP contribution in [0.4, 0.5) is 0 Å². The molecule has 182 valence electrons. The fourth-order valence-electron chi connectivity index (χ4n) is 3.83. The van der Waals surface area contributed by atoms with E-state index in [0.717, 1.165) is 15.6 Å². The molecule has 0 N–H and O–H groups in total. The first-order valence-corrected chi connectivity index (χ1v) is 12.9. The molecular formula is C29H19Br2N3O3. The third-order valence-corrected chi connectivity index (χ3v) is 6.63. The molecule has 0 fully saturated rings. The number of aromatic nitrogens is 2. The predicted octanol–water partition coefficient (Wildman–Crippen LogP) is 7.00. The summed E-state index contributed by atoms with van der Waals surface area (Å²) in [5.74, 6) is 0.172. The smallest absolute Gasteiger partial charge is 0.343 e. The largest absolute Gasteiger partial charge is 0.421 e. The molecule has 0 unspecified atom stereocenters. The molecule has 0 atom stereocenters. The lowest BCUT2D eigenvalue weighted by molar-refractivity contribution is 0.0733. The highest BCUT2D eigenvalue weighted by Crippen LogP contribution is 2.33. The number of carbonyl (C=O) groups is 1. The zero-order chi connectivity index (χ0) is 25.9. The summed E-state index contributed by atoms with van der Waals surface area (Å²) in [4.78, 5) is 31.1. The second-order valence-electron chi connectivity index (χ2n) is 8.25. The van der Waals surface area contributed by atoms with Gasteiger partial charge in [-0.1, -0.05) is 76.1 Å². The average Bonchev–Trinajstić information content (AvgIpc) is 2.90. The highest BCUT2D eigenvalue weighted by Gasteiger charge is 2.17. The molecule has 0 aliphatic rings. The van der Waals surface area contributed by atoms with E-state index in [0.29, 0.717) is 32.3 Å². The Morgan fingerprint density at radius 2 is 1.70 bits per heavy atom. The van der Waals surface area contributed by atoms with Gasteiger partial charge in [0.05, 0.1) is 27.2 Å². The molecule has 5 rings (SSSR count). The highest BCUT2D eigenvalue weighted by molar-refractivity contribution is 9.11. The van der Waals surface area contributed by atoms with Crippen LogP contribution in [-0.2, 0) is 0 Å². The van der Waals surface area contributed by atoms with Gasteiger partial charge in [0.15, 0.2) is 11.6 Å². The van der Waals surface area contributed by atoms with Crippen LogP contribution < -0.4 is 10.3 Å². The summed E-state index contributed by atoms with van der Waals surface area (Å²) < 4.78 is 8.33. The second-order valence-corrected chi connectivity index (χ2v) is 10.0. The summed E-state index contributed by atoms with van der Waals surface area (Å²) in [7, 11) is 0. The number of fused-ring (bicyclic) bond motifs is 1. The van der Waals surface area contributed by atoms with Crippen LogP contribution in [0.2, 0.25) is 0 Å². The normalized spacial score (nSPS) is 11.2. The molecule has 5 aromatic rings. The molecule has 6 nitrogen and oxygen atoms in total. The van der Waals surface area contributed by atoms with Gasteiger partial charge in [0, 0.05) is 15.6 Å². The molecule has 0 amide bonds. The Kier molecular flexibility index (Phi) is 7.12. The van der Waals surface area contributed by atoms with Gasteiger partial charge >= 0.3 is 5.97 Å². The number of esters is 1. The third kappa shape index (κ3) is 5.30. The zero-order valence-electron chi connectivity index (χ0n) is 19.6. The SMILES string of the molecule is Cc1cccc(C(=O)Oc2c(Br)cc(Br)cc2C=Nn2c(-c3ccccc3)nc3ccccc3c2=O)c1. The Morgan fingerprint density at radius 1 is 0.946 bits per heavy atom. The Bertz CT molecular complexity index is 1730. The fourth-order valence-corrected chi connectivity index (χ4v) is 5.17. The van der Waals surface area contributed by atoms with Crippen molar-refractivity contribution in [2.75, 3.05) is 0 Å². The van der Waals surface area contributed by atoms with E-state index in [9.17, 15) is 9.59 Å². The first kappa shape index (κ1) is 24.8. The molecule has 0 bridgehead atoms. The van der Waals surface area contributed by atoms with Crippen LogP contribution in [0.3, 0.4) is 0 Å². The van der Waals surface area contributed by atoms with Crippen LogP contribution in [0.15, 0.2) is 110 Å². The number of ether oxygens (including phenoxy) is 1. The minimum atomic E-state index is -0.504. The Labute approximate surface area is 229 Å². The zero-order valence-corrected chi connectivity index (χ0v) is 22.7. The third-order valence-electron chi connectivity index (χ3n) is 5.58. The number of hydrogen-bond donors (Lipinski definition) is 0. The standard InChI is InChI=1S/C29H19Br2N3O3/c1-18-8-7-11-20(14-18)29(36)37-26-21(15-22(30)16-24(26)31)17-32-34-27(19-9-3-2-4-10-19)33-25-13-6-5-12-23(25)28(34)35/h2-17H,1H3. The van der Waals surface area contributed by atoms with Crippen LogP contribution in [0.25, 0.3) is 22.3 Å². The van der Waals surface area contributed by atoms with Crippen molar-refractivity contribution in [1.29, 1.82) is 0 Å². The number of nitrogens with zero attached hydrogens (tertiary/aromatic N) is 3. The first-order chi connectivity index (χ1) is 17.9. The quantitative estimate of drug-likeness (QED) is 0.121. The maximum Gasteiger partial charge on any atom is 0.343 e. The monoisotopic (exact) mass is 615 g/mol. The maximum absolute atomic E-state index is 13.5. The Hall–Kier alpha value is -3.88. The van der Waals surface area contributed by atoms with E-state index in [2.05, 4.69) is 37.0 Å². The minimum Gasteiger partial charge on any atom is -0.421 e. The number of rotatable bonds is 5. The summed E-state index contributed by atoms with van der Waals surface area (Å²) in [6.45, 7) is 1.91. The number of para-hydroxylation sites is 1. The van der Waals surface area contributed by atoms with E-state index < -0.39 is 5.97 Å². The van der Waals surface area contributed by atoms with Crippen LogP contribution in [0, 0.1) is 6.92 Å². The van der Waals surface area contributed by atoms with Gasteiger partial charge in [-0.25, -0.2) is 9.78 Å². The Morgan fingerprint density at radius 3 is 2.49 bits per heavy atom. The fraction of sp³-hybridized carbons (Fsp3) is 0.0345.